The smallest absolute Gasteiger partial charge is 0.251 e. The van der Waals surface area contributed by atoms with Crippen LogP contribution in [0.5, 0.6) is 11.5 Å². The molecule has 0 bridgehead atoms. The van der Waals surface area contributed by atoms with Gasteiger partial charge in [-0.3, -0.25) is 28.7 Å². The molecule has 5 amide bonds. The number of benzene rings is 4. The van der Waals surface area contributed by atoms with Crippen LogP contribution >= 0.6 is 22.9 Å². The van der Waals surface area contributed by atoms with Crippen molar-refractivity contribution in [2.45, 2.75) is 78.4 Å². The first kappa shape index (κ1) is 49.5. The van der Waals surface area contributed by atoms with E-state index in [-0.39, 0.29) is 37.0 Å². The molecule has 0 saturated carbocycles. The van der Waals surface area contributed by atoms with Crippen LogP contribution in [0.4, 0.5) is 0 Å². The van der Waals surface area contributed by atoms with Gasteiger partial charge in [0, 0.05) is 48.4 Å². The van der Waals surface area contributed by atoms with Gasteiger partial charge in [0.05, 0.1) is 51.6 Å². The second-order valence-electron chi connectivity index (χ2n) is 17.9. The molecule has 1 aliphatic heterocycles. The van der Waals surface area contributed by atoms with Crippen LogP contribution < -0.4 is 26.0 Å². The van der Waals surface area contributed by atoms with Gasteiger partial charge in [-0.1, -0.05) is 62.7 Å². The molecule has 0 spiro atoms. The molecule has 18 heteroatoms. The number of ether oxygens (including phenoxy) is 1. The molecule has 7 rings (SSSR count). The highest BCUT2D eigenvalue weighted by atomic mass is 35.5. The average molecular weight is 971 g/mol. The summed E-state index contributed by atoms with van der Waals surface area (Å²) in [4.78, 5) is 73.6. The first-order valence-electron chi connectivity index (χ1n) is 22.2. The Hall–Kier alpha value is -7.39. The predicted octanol–water partition coefficient (Wildman–Crippen LogP) is 6.66. The number of likely N-dealkylation sites (tertiary alicyclic amines) is 1. The van der Waals surface area contributed by atoms with Crippen LogP contribution in [0.1, 0.15) is 71.7 Å². The number of amides is 5. The number of nitrogens with one attached hydrogen (secondary N) is 4. The number of carbonyl (C=O) groups is 5. The lowest BCUT2D eigenvalue weighted by molar-refractivity contribution is -0.143. The van der Waals surface area contributed by atoms with Crippen LogP contribution in [-0.4, -0.2) is 91.6 Å². The van der Waals surface area contributed by atoms with Crippen molar-refractivity contribution in [2.75, 3.05) is 13.1 Å². The minimum Gasteiger partial charge on any atom is -0.457 e. The maximum Gasteiger partial charge on any atom is 0.251 e. The summed E-state index contributed by atoms with van der Waals surface area (Å²) in [5, 5.41) is 35.9. The van der Waals surface area contributed by atoms with Crippen LogP contribution in [-0.2, 0) is 27.5 Å². The second-order valence-corrected chi connectivity index (χ2v) is 19.1. The van der Waals surface area contributed by atoms with Gasteiger partial charge in [-0.15, -0.1) is 11.3 Å². The normalized spacial score (nSPS) is 15.4. The Morgan fingerprint density at radius 1 is 0.899 bits per heavy atom. The van der Waals surface area contributed by atoms with E-state index in [1.54, 1.807) is 103 Å². The molecule has 356 valence electrons. The van der Waals surface area contributed by atoms with Gasteiger partial charge in [-0.05, 0) is 97.1 Å². The summed E-state index contributed by atoms with van der Waals surface area (Å²) in [7, 11) is 0. The van der Waals surface area contributed by atoms with Gasteiger partial charge in [0.15, 0.2) is 0 Å². The molecular weight excluding hydrogens is 918 g/mol. The van der Waals surface area contributed by atoms with E-state index in [4.69, 9.17) is 21.6 Å². The van der Waals surface area contributed by atoms with Gasteiger partial charge in [0.1, 0.15) is 29.7 Å². The van der Waals surface area contributed by atoms with Crippen LogP contribution in [0.15, 0.2) is 109 Å². The summed E-state index contributed by atoms with van der Waals surface area (Å²) >= 11 is 7.74. The maximum atomic E-state index is 14.0. The Bertz CT molecular complexity index is 2870. The molecule has 1 saturated heterocycles. The van der Waals surface area contributed by atoms with Crippen molar-refractivity contribution in [3.05, 3.63) is 142 Å². The summed E-state index contributed by atoms with van der Waals surface area (Å²) in [6, 6.07) is 27.4. The molecule has 6 aromatic rings. The van der Waals surface area contributed by atoms with Crippen molar-refractivity contribution in [1.29, 1.82) is 5.26 Å². The highest BCUT2D eigenvalue weighted by molar-refractivity contribution is 7.13. The van der Waals surface area contributed by atoms with Gasteiger partial charge in [0.2, 0.25) is 17.7 Å². The van der Waals surface area contributed by atoms with E-state index >= 15 is 0 Å². The predicted molar refractivity (Wildman–Crippen MR) is 261 cm³/mol. The van der Waals surface area contributed by atoms with Crippen LogP contribution in [0.2, 0.25) is 5.02 Å². The number of aromatic nitrogens is 3. The number of β-amino-alcohol motifs (C(OH)–C–C–N with tert-alkyl or cyclic N) is 1. The number of aliphatic hydroxyl groups excluding tert-OH is 1. The first-order valence-corrected chi connectivity index (χ1v) is 23.5. The molecule has 1 aliphatic rings. The fraction of sp³-hybridized carbons (Fsp3) is 0.294. The topological polar surface area (TPSA) is 221 Å². The molecule has 0 aliphatic carbocycles. The molecule has 16 nitrogen and oxygen atoms in total. The lowest BCUT2D eigenvalue weighted by Crippen LogP contribution is -2.58. The van der Waals surface area contributed by atoms with Gasteiger partial charge in [0.25, 0.3) is 11.8 Å². The molecule has 2 aromatic heterocycles. The third kappa shape index (κ3) is 12.6. The number of aryl methyl sites for hydroxylation is 1. The maximum absolute atomic E-state index is 14.0. The molecule has 5 N–H and O–H groups in total. The number of halogens is 1. The summed E-state index contributed by atoms with van der Waals surface area (Å²) in [5.74, 6) is -1.46. The van der Waals surface area contributed by atoms with Crippen molar-refractivity contribution in [3.8, 4) is 39.3 Å². The van der Waals surface area contributed by atoms with E-state index in [9.17, 15) is 29.1 Å². The number of carbonyl (C=O) groups excluding carboxylic acids is 5. The van der Waals surface area contributed by atoms with Crippen molar-refractivity contribution in [2.24, 2.45) is 5.41 Å². The van der Waals surface area contributed by atoms with E-state index in [2.05, 4.69) is 31.3 Å². The summed E-state index contributed by atoms with van der Waals surface area (Å²) in [6.07, 6.45) is 0.932. The minimum atomic E-state index is -1.07. The van der Waals surface area contributed by atoms with E-state index in [0.717, 1.165) is 27.3 Å². The quantitative estimate of drug-likeness (QED) is 0.0695. The monoisotopic (exact) mass is 969 g/mol. The van der Waals surface area contributed by atoms with Gasteiger partial charge in [-0.2, -0.15) is 10.4 Å². The number of nitrogens with zero attached hydrogens (tertiary/aromatic N) is 5. The van der Waals surface area contributed by atoms with E-state index in [1.165, 1.54) is 17.0 Å². The average Bonchev–Trinajstić information content (AvgIpc) is 4.09. The molecule has 4 atom stereocenters. The van der Waals surface area contributed by atoms with E-state index < -0.39 is 53.8 Å². The largest absolute Gasteiger partial charge is 0.457 e. The molecule has 69 heavy (non-hydrogen) atoms. The van der Waals surface area contributed by atoms with Crippen molar-refractivity contribution in [3.63, 3.8) is 0 Å². The Morgan fingerprint density at radius 2 is 1.55 bits per heavy atom. The Labute approximate surface area is 408 Å². The van der Waals surface area contributed by atoms with Crippen molar-refractivity contribution in [1.82, 2.24) is 40.9 Å². The third-order valence-electron chi connectivity index (χ3n) is 11.5. The zero-order valence-corrected chi connectivity index (χ0v) is 40.2. The fourth-order valence-corrected chi connectivity index (χ4v) is 8.79. The third-order valence-corrected chi connectivity index (χ3v) is 12.7. The highest BCUT2D eigenvalue weighted by Crippen LogP contribution is 2.29. The molecular formula is C51H52ClN9O7S. The van der Waals surface area contributed by atoms with E-state index in [1.807, 2.05) is 50.2 Å². The molecule has 3 heterocycles. The number of hydrogen-bond donors (Lipinski definition) is 5. The summed E-state index contributed by atoms with van der Waals surface area (Å²) < 4.78 is 7.67. The van der Waals surface area contributed by atoms with Crippen LogP contribution in [0, 0.1) is 23.7 Å². The van der Waals surface area contributed by atoms with E-state index in [0.29, 0.717) is 39.9 Å². The Balaban J connectivity index is 0.859. The number of aliphatic hydroxyl groups is 1. The molecule has 4 aromatic carbocycles. The molecule has 0 unspecified atom stereocenters. The highest BCUT2D eigenvalue weighted by Gasteiger charge is 2.44. The summed E-state index contributed by atoms with van der Waals surface area (Å²) in [6.45, 7) is 9.30. The standard InChI is InChI=1S/C51H52ClN9O7S/c1-30(27-60-21-20-42(59-60)36-10-11-37(24-53)41(52)22-36)57-48(65)35-14-18-40(19-15-35)68-39-16-12-34(13-17-39)47(64)55-26-44(63)58-46(51(3,4)5)50(67)61-28-38(62)23-43(61)49(66)54-25-32-6-8-33(9-7-32)45-31(2)56-29-69-45/h6-22,29-30,38,43,46,62H,23,25-28H2,1-5H3,(H,54,66)(H,55,64)(H,57,65)(H,58,63)/t30-,38+,43-,46+/m0/s1. The van der Waals surface area contributed by atoms with Crippen LogP contribution in [0.25, 0.3) is 21.7 Å². The Morgan fingerprint density at radius 3 is 2.16 bits per heavy atom. The number of thiazole rings is 1. The number of rotatable bonds is 16. The SMILES string of the molecule is Cc1ncsc1-c1ccc(CNC(=O)[C@@H]2C[C@@H](O)CN2C(=O)[C@@H](NC(=O)CNC(=O)c2ccc(Oc3ccc(C(=O)N[C@@H](C)Cn4ccc(-c5ccc(C#N)c(Cl)c5)n4)cc3)cc2)C(C)(C)C)cc1. The zero-order chi connectivity index (χ0) is 49.4. The van der Waals surface area contributed by atoms with Crippen LogP contribution in [0.3, 0.4) is 0 Å². The zero-order valence-electron chi connectivity index (χ0n) is 38.7. The summed E-state index contributed by atoms with van der Waals surface area (Å²) in [5.41, 5.74) is 6.38. The van der Waals surface area contributed by atoms with Gasteiger partial charge in [-0.25, -0.2) is 4.98 Å². The fourth-order valence-electron chi connectivity index (χ4n) is 7.76. The number of nitriles is 1. The second kappa shape index (κ2) is 21.7. The van der Waals surface area contributed by atoms with Gasteiger partial charge < -0.3 is 36.0 Å². The van der Waals surface area contributed by atoms with Crippen molar-refractivity contribution >= 4 is 52.5 Å². The minimum absolute atomic E-state index is 0.0499. The molecule has 0 radical (unpaired) electrons. The lowest BCUT2D eigenvalue weighted by Gasteiger charge is -2.35. The number of hydrogen-bond acceptors (Lipinski definition) is 11. The Kier molecular flexibility index (Phi) is 15.6. The lowest BCUT2D eigenvalue weighted by atomic mass is 9.85. The first-order chi connectivity index (χ1) is 32.9. The van der Waals surface area contributed by atoms with Crippen molar-refractivity contribution < 1.29 is 33.8 Å². The van der Waals surface area contributed by atoms with Gasteiger partial charge >= 0.3 is 0 Å². The molecule has 1 fully saturated rings.